The van der Waals surface area contributed by atoms with Gasteiger partial charge in [-0.2, -0.15) is 0 Å². The molecule has 1 aromatic heterocycles. The van der Waals surface area contributed by atoms with Crippen molar-refractivity contribution in [2.24, 2.45) is 5.92 Å². The van der Waals surface area contributed by atoms with Crippen LogP contribution in [-0.2, 0) is 11.2 Å². The second-order valence-corrected chi connectivity index (χ2v) is 7.17. The number of amides is 1. The Morgan fingerprint density at radius 3 is 2.68 bits per heavy atom. The van der Waals surface area contributed by atoms with Crippen molar-refractivity contribution in [2.75, 3.05) is 18.4 Å². The number of aromatic nitrogens is 2. The Balaban J connectivity index is 1.68. The molecule has 0 unspecified atom stereocenters. The maximum absolute atomic E-state index is 12.1. The molecule has 1 aromatic carbocycles. The van der Waals surface area contributed by atoms with E-state index in [2.05, 4.69) is 20.6 Å². The van der Waals surface area contributed by atoms with Gasteiger partial charge < -0.3 is 10.6 Å². The van der Waals surface area contributed by atoms with E-state index in [4.69, 9.17) is 23.2 Å². The van der Waals surface area contributed by atoms with E-state index in [1.165, 1.54) is 0 Å². The van der Waals surface area contributed by atoms with E-state index in [0.717, 1.165) is 31.1 Å². The number of hydrogen-bond acceptors (Lipinski definition) is 4. The van der Waals surface area contributed by atoms with Crippen molar-refractivity contribution in [3.63, 3.8) is 0 Å². The number of carbonyl (C=O) groups is 1. The zero-order valence-corrected chi connectivity index (χ0v) is 15.8. The van der Waals surface area contributed by atoms with Crippen LogP contribution in [0, 0.1) is 5.92 Å². The molecule has 3 rings (SSSR count). The van der Waals surface area contributed by atoms with Crippen molar-refractivity contribution >= 4 is 45.8 Å². The zero-order valence-electron chi connectivity index (χ0n) is 14.2. The van der Waals surface area contributed by atoms with Gasteiger partial charge in [-0.3, -0.25) is 4.79 Å². The summed E-state index contributed by atoms with van der Waals surface area (Å²) in [5.74, 6) is 1.76. The second kappa shape index (κ2) is 8.19. The lowest BCUT2D eigenvalue weighted by molar-refractivity contribution is -0.124. The van der Waals surface area contributed by atoms with E-state index in [0.29, 0.717) is 46.7 Å². The first kappa shape index (κ1) is 18.2. The highest BCUT2D eigenvalue weighted by Gasteiger charge is 2.22. The summed E-state index contributed by atoms with van der Waals surface area (Å²) in [6, 6.07) is 3.49. The molecule has 0 aliphatic heterocycles. The summed E-state index contributed by atoms with van der Waals surface area (Å²) >= 11 is 12.4. The number of fused-ring (bicyclic) bond motifs is 1. The Labute approximate surface area is 157 Å². The number of hydrogen-bond donors (Lipinski definition) is 2. The van der Waals surface area contributed by atoms with Gasteiger partial charge >= 0.3 is 0 Å². The molecule has 1 saturated carbocycles. The maximum atomic E-state index is 12.1. The first-order valence-electron chi connectivity index (χ1n) is 8.75. The van der Waals surface area contributed by atoms with E-state index >= 15 is 0 Å². The van der Waals surface area contributed by atoms with Crippen molar-refractivity contribution in [1.82, 2.24) is 15.3 Å². The number of benzene rings is 1. The predicted molar refractivity (Wildman–Crippen MR) is 102 cm³/mol. The van der Waals surface area contributed by atoms with Gasteiger partial charge in [0.2, 0.25) is 5.91 Å². The van der Waals surface area contributed by atoms with Crippen LogP contribution in [0.5, 0.6) is 0 Å². The summed E-state index contributed by atoms with van der Waals surface area (Å²) < 4.78 is 0. The van der Waals surface area contributed by atoms with Crippen molar-refractivity contribution in [3.8, 4) is 0 Å². The number of aryl methyl sites for hydroxylation is 1. The SMILES string of the molecule is CCc1nc(NCCNC(=O)C2CCCC2)c2cc(Cl)cc(Cl)c2n1. The van der Waals surface area contributed by atoms with Gasteiger partial charge in [0, 0.05) is 35.8 Å². The third-order valence-electron chi connectivity index (χ3n) is 4.52. The standard InChI is InChI=1S/C18H22Cl2N4O/c1-2-15-23-16-13(9-12(19)10-14(16)20)17(24-15)21-7-8-22-18(25)11-5-3-4-6-11/h9-11H,2-8H2,1H3,(H,22,25)(H,21,23,24). The van der Waals surface area contributed by atoms with E-state index in [1.54, 1.807) is 6.07 Å². The van der Waals surface area contributed by atoms with Gasteiger partial charge in [0.15, 0.2) is 0 Å². The van der Waals surface area contributed by atoms with Gasteiger partial charge in [-0.15, -0.1) is 0 Å². The average molecular weight is 381 g/mol. The Morgan fingerprint density at radius 2 is 1.96 bits per heavy atom. The van der Waals surface area contributed by atoms with Crippen molar-refractivity contribution < 1.29 is 4.79 Å². The summed E-state index contributed by atoms with van der Waals surface area (Å²) in [5, 5.41) is 8.12. The summed E-state index contributed by atoms with van der Waals surface area (Å²) in [4.78, 5) is 21.1. The first-order chi connectivity index (χ1) is 12.1. The maximum Gasteiger partial charge on any atom is 0.223 e. The molecule has 1 heterocycles. The normalized spacial score (nSPS) is 14.8. The minimum absolute atomic E-state index is 0.159. The molecule has 1 aliphatic carbocycles. The first-order valence-corrected chi connectivity index (χ1v) is 9.51. The highest BCUT2D eigenvalue weighted by molar-refractivity contribution is 6.38. The van der Waals surface area contributed by atoms with Crippen LogP contribution < -0.4 is 10.6 Å². The number of nitrogens with zero attached hydrogens (tertiary/aromatic N) is 2. The molecule has 1 amide bonds. The highest BCUT2D eigenvalue weighted by Crippen LogP contribution is 2.30. The minimum Gasteiger partial charge on any atom is -0.368 e. The lowest BCUT2D eigenvalue weighted by Crippen LogP contribution is -2.33. The van der Waals surface area contributed by atoms with Crippen molar-refractivity contribution in [3.05, 3.63) is 28.0 Å². The molecule has 0 radical (unpaired) electrons. The molecule has 7 heteroatoms. The van der Waals surface area contributed by atoms with E-state index in [9.17, 15) is 4.79 Å². The van der Waals surface area contributed by atoms with E-state index < -0.39 is 0 Å². The zero-order chi connectivity index (χ0) is 17.8. The fraction of sp³-hybridized carbons (Fsp3) is 0.500. The summed E-state index contributed by atoms with van der Waals surface area (Å²) in [6.45, 7) is 3.13. The molecule has 0 spiro atoms. The largest absolute Gasteiger partial charge is 0.368 e. The van der Waals surface area contributed by atoms with Gasteiger partial charge in [0.05, 0.1) is 10.5 Å². The molecule has 0 atom stereocenters. The van der Waals surface area contributed by atoms with Gasteiger partial charge in [-0.1, -0.05) is 43.0 Å². The van der Waals surface area contributed by atoms with Crippen LogP contribution in [0.25, 0.3) is 10.9 Å². The van der Waals surface area contributed by atoms with Crippen LogP contribution in [0.3, 0.4) is 0 Å². The molecular formula is C18H22Cl2N4O. The molecule has 2 N–H and O–H groups in total. The third-order valence-corrected chi connectivity index (χ3v) is 5.03. The molecule has 134 valence electrons. The second-order valence-electron chi connectivity index (χ2n) is 6.32. The predicted octanol–water partition coefficient (Wildman–Crippen LogP) is 4.22. The molecule has 1 fully saturated rings. The van der Waals surface area contributed by atoms with Crippen LogP contribution in [-0.4, -0.2) is 29.0 Å². The molecule has 0 saturated heterocycles. The smallest absolute Gasteiger partial charge is 0.223 e. The molecule has 0 bridgehead atoms. The third kappa shape index (κ3) is 4.33. The fourth-order valence-corrected chi connectivity index (χ4v) is 3.73. The minimum atomic E-state index is 0.159. The van der Waals surface area contributed by atoms with Gasteiger partial charge in [0.25, 0.3) is 0 Å². The van der Waals surface area contributed by atoms with Crippen LogP contribution in [0.1, 0.15) is 38.4 Å². The average Bonchev–Trinajstić information content (AvgIpc) is 3.13. The lowest BCUT2D eigenvalue weighted by atomic mass is 10.1. The Bertz CT molecular complexity index is 775. The topological polar surface area (TPSA) is 66.9 Å². The van der Waals surface area contributed by atoms with Crippen LogP contribution in [0.4, 0.5) is 5.82 Å². The van der Waals surface area contributed by atoms with Crippen molar-refractivity contribution in [2.45, 2.75) is 39.0 Å². The van der Waals surface area contributed by atoms with E-state index in [1.807, 2.05) is 13.0 Å². The fourth-order valence-electron chi connectivity index (χ4n) is 3.20. The lowest BCUT2D eigenvalue weighted by Gasteiger charge is -2.13. The van der Waals surface area contributed by atoms with Crippen LogP contribution in [0.15, 0.2) is 12.1 Å². The number of anilines is 1. The quantitative estimate of drug-likeness (QED) is 0.736. The van der Waals surface area contributed by atoms with Gasteiger partial charge in [-0.25, -0.2) is 9.97 Å². The summed E-state index contributed by atoms with van der Waals surface area (Å²) in [6.07, 6.45) is 5.04. The molecule has 2 aromatic rings. The number of nitrogens with one attached hydrogen (secondary N) is 2. The van der Waals surface area contributed by atoms with Crippen LogP contribution in [0.2, 0.25) is 10.0 Å². The summed E-state index contributed by atoms with van der Waals surface area (Å²) in [5.41, 5.74) is 0.690. The molecule has 1 aliphatic rings. The van der Waals surface area contributed by atoms with Crippen molar-refractivity contribution in [1.29, 1.82) is 0 Å². The number of rotatable bonds is 6. The highest BCUT2D eigenvalue weighted by atomic mass is 35.5. The number of halogens is 2. The number of carbonyl (C=O) groups excluding carboxylic acids is 1. The van der Waals surface area contributed by atoms with Crippen LogP contribution >= 0.6 is 23.2 Å². The van der Waals surface area contributed by atoms with Gasteiger partial charge in [-0.05, 0) is 25.0 Å². The monoisotopic (exact) mass is 380 g/mol. The van der Waals surface area contributed by atoms with Gasteiger partial charge in [0.1, 0.15) is 11.6 Å². The van der Waals surface area contributed by atoms with E-state index in [-0.39, 0.29) is 11.8 Å². The molecular weight excluding hydrogens is 359 g/mol. The Hall–Kier alpha value is -1.59. The molecule has 25 heavy (non-hydrogen) atoms. The summed E-state index contributed by atoms with van der Waals surface area (Å²) in [7, 11) is 0. The molecule has 5 nitrogen and oxygen atoms in total. The Morgan fingerprint density at radius 1 is 1.20 bits per heavy atom. The Kier molecular flexibility index (Phi) is 5.97.